The molecule has 300 valence electrons. The van der Waals surface area contributed by atoms with Gasteiger partial charge in [0.2, 0.25) is 0 Å². The summed E-state index contributed by atoms with van der Waals surface area (Å²) in [6, 6.07) is 90.4. The third-order valence-electron chi connectivity index (χ3n) is 13.0. The van der Waals surface area contributed by atoms with Gasteiger partial charge in [-0.15, -0.1) is 0 Å². The van der Waals surface area contributed by atoms with Crippen LogP contribution in [0.1, 0.15) is 22.6 Å². The lowest BCUT2D eigenvalue weighted by atomic mass is 9.82. The molecule has 1 aromatic heterocycles. The number of benzene rings is 11. The largest absolute Gasteiger partial charge is 0.455 e. The van der Waals surface area contributed by atoms with E-state index in [9.17, 15) is 0 Å². The van der Waals surface area contributed by atoms with Crippen LogP contribution in [-0.4, -0.2) is 0 Å². The van der Waals surface area contributed by atoms with E-state index in [1.165, 1.54) is 93.5 Å². The van der Waals surface area contributed by atoms with Gasteiger partial charge in [-0.3, -0.25) is 0 Å². The minimum absolute atomic E-state index is 0.0143. The highest BCUT2D eigenvalue weighted by Gasteiger charge is 2.22. The number of hydrogen-bond donors (Lipinski definition) is 0. The molecule has 0 saturated carbocycles. The Balaban J connectivity index is 0.964. The Morgan fingerprint density at radius 2 is 0.688 bits per heavy atom. The van der Waals surface area contributed by atoms with Crippen LogP contribution in [-0.2, 0) is 0 Å². The molecular formula is C63H42O. The summed E-state index contributed by atoms with van der Waals surface area (Å²) in [5.41, 5.74) is 17.4. The van der Waals surface area contributed by atoms with Crippen molar-refractivity contribution in [2.75, 3.05) is 0 Å². The second kappa shape index (κ2) is 15.9. The fourth-order valence-corrected chi connectivity index (χ4v) is 9.77. The predicted molar refractivity (Wildman–Crippen MR) is 270 cm³/mol. The molecule has 0 amide bonds. The zero-order valence-electron chi connectivity index (χ0n) is 35.2. The highest BCUT2D eigenvalue weighted by atomic mass is 16.3. The van der Waals surface area contributed by atoms with Crippen LogP contribution >= 0.6 is 0 Å². The van der Waals surface area contributed by atoms with Crippen molar-refractivity contribution in [3.63, 3.8) is 0 Å². The zero-order chi connectivity index (χ0) is 42.4. The van der Waals surface area contributed by atoms with Crippen molar-refractivity contribution in [3.05, 3.63) is 265 Å². The van der Waals surface area contributed by atoms with Crippen molar-refractivity contribution in [1.29, 1.82) is 0 Å². The predicted octanol–water partition coefficient (Wildman–Crippen LogP) is 17.4. The van der Waals surface area contributed by atoms with Crippen LogP contribution in [0.25, 0.3) is 99.1 Å². The Hall–Kier alpha value is -8.26. The van der Waals surface area contributed by atoms with Gasteiger partial charge in [0.15, 0.2) is 0 Å². The van der Waals surface area contributed by atoms with Gasteiger partial charge in [-0.2, -0.15) is 0 Å². The smallest absolute Gasteiger partial charge is 0.143 e. The molecule has 0 saturated heterocycles. The van der Waals surface area contributed by atoms with Crippen molar-refractivity contribution >= 4 is 43.5 Å². The van der Waals surface area contributed by atoms with E-state index in [0.29, 0.717) is 0 Å². The van der Waals surface area contributed by atoms with Gasteiger partial charge in [0, 0.05) is 22.3 Å². The van der Waals surface area contributed by atoms with Crippen molar-refractivity contribution in [2.45, 2.75) is 5.92 Å². The molecule has 1 heterocycles. The van der Waals surface area contributed by atoms with E-state index in [4.69, 9.17) is 4.42 Å². The van der Waals surface area contributed by atoms with E-state index in [2.05, 4.69) is 249 Å². The number of hydrogen-bond acceptors (Lipinski definition) is 1. The maximum Gasteiger partial charge on any atom is 0.143 e. The SMILES string of the molecule is c1ccc(-c2ccc(-c3ccc(C(c4ccc(-c5ccc(-c6ccccc6)cc5)cc4)c4cccc(-c5cc6ccccc6c6c5oc5ccc7ccccc7c56)c4)cc3)cc2)cc1. The Morgan fingerprint density at radius 3 is 1.22 bits per heavy atom. The maximum atomic E-state index is 6.90. The molecule has 0 aliphatic rings. The Labute approximate surface area is 373 Å². The molecule has 1 nitrogen and oxygen atoms in total. The third kappa shape index (κ3) is 6.76. The molecule has 0 unspecified atom stereocenters. The summed E-state index contributed by atoms with van der Waals surface area (Å²) in [5, 5.41) is 7.16. The Kier molecular flexibility index (Phi) is 9.31. The lowest BCUT2D eigenvalue weighted by Gasteiger charge is -2.21. The first kappa shape index (κ1) is 37.5. The molecule has 0 spiro atoms. The molecular weight excluding hydrogens is 773 g/mol. The first-order chi connectivity index (χ1) is 31.7. The van der Waals surface area contributed by atoms with Crippen molar-refractivity contribution < 1.29 is 4.42 Å². The van der Waals surface area contributed by atoms with Crippen LogP contribution < -0.4 is 0 Å². The average molecular weight is 815 g/mol. The van der Waals surface area contributed by atoms with Gasteiger partial charge in [-0.25, -0.2) is 0 Å². The molecule has 11 aromatic carbocycles. The van der Waals surface area contributed by atoms with E-state index in [-0.39, 0.29) is 5.92 Å². The normalized spacial score (nSPS) is 11.6. The fourth-order valence-electron chi connectivity index (χ4n) is 9.77. The maximum absolute atomic E-state index is 6.90. The lowest BCUT2D eigenvalue weighted by Crippen LogP contribution is -2.04. The van der Waals surface area contributed by atoms with E-state index in [1.54, 1.807) is 0 Å². The van der Waals surface area contributed by atoms with Crippen LogP contribution in [0.3, 0.4) is 0 Å². The van der Waals surface area contributed by atoms with Gasteiger partial charge >= 0.3 is 0 Å². The molecule has 12 rings (SSSR count). The number of furan rings is 1. The summed E-state index contributed by atoms with van der Waals surface area (Å²) in [6.45, 7) is 0. The van der Waals surface area contributed by atoms with Gasteiger partial charge in [0.25, 0.3) is 0 Å². The summed E-state index contributed by atoms with van der Waals surface area (Å²) >= 11 is 0. The third-order valence-corrected chi connectivity index (χ3v) is 13.0. The van der Waals surface area contributed by atoms with Gasteiger partial charge < -0.3 is 4.42 Å². The summed E-state index contributed by atoms with van der Waals surface area (Å²) < 4.78 is 6.90. The fraction of sp³-hybridized carbons (Fsp3) is 0.0159. The topological polar surface area (TPSA) is 13.1 Å². The van der Waals surface area contributed by atoms with Crippen LogP contribution in [0, 0.1) is 0 Å². The molecule has 64 heavy (non-hydrogen) atoms. The van der Waals surface area contributed by atoms with Gasteiger partial charge in [-0.1, -0.05) is 237 Å². The van der Waals surface area contributed by atoms with Crippen LogP contribution in [0.4, 0.5) is 0 Å². The Bertz CT molecular complexity index is 3470. The molecule has 12 aromatic rings. The molecule has 0 aliphatic heterocycles. The zero-order valence-corrected chi connectivity index (χ0v) is 35.2. The summed E-state index contributed by atoms with van der Waals surface area (Å²) in [6.07, 6.45) is 0. The number of fused-ring (bicyclic) bond motifs is 7. The van der Waals surface area contributed by atoms with E-state index >= 15 is 0 Å². The second-order valence-electron chi connectivity index (χ2n) is 16.8. The highest BCUT2D eigenvalue weighted by Crippen LogP contribution is 2.45. The second-order valence-corrected chi connectivity index (χ2v) is 16.8. The van der Waals surface area contributed by atoms with Gasteiger partial charge in [-0.05, 0) is 100 Å². The van der Waals surface area contributed by atoms with Gasteiger partial charge in [0.1, 0.15) is 11.2 Å². The minimum Gasteiger partial charge on any atom is -0.455 e. The van der Waals surface area contributed by atoms with Crippen molar-refractivity contribution in [1.82, 2.24) is 0 Å². The molecule has 0 bridgehead atoms. The van der Waals surface area contributed by atoms with Crippen LogP contribution in [0.2, 0.25) is 0 Å². The standard InChI is InChI=1S/C63H42O/c1-3-12-42(13-4-1)44-22-26-46(27-23-44)48-30-34-51(35-31-48)60(52-36-32-49(33-37-52)47-28-24-45(25-29-47)43-14-5-2-6-15-43)55-19-11-18-53(40-55)58-41-54-17-8-10-21-57(54)62-61-56-20-9-7-16-50(56)38-39-59(61)64-63(58)62/h1-41,60H. The molecule has 1 heteroatoms. The number of rotatable bonds is 8. The lowest BCUT2D eigenvalue weighted by molar-refractivity contribution is 0.670. The van der Waals surface area contributed by atoms with Crippen LogP contribution in [0.15, 0.2) is 253 Å². The average Bonchev–Trinajstić information content (AvgIpc) is 3.78. The highest BCUT2D eigenvalue weighted by molar-refractivity contribution is 6.28. The van der Waals surface area contributed by atoms with Crippen LogP contribution in [0.5, 0.6) is 0 Å². The minimum atomic E-state index is -0.0143. The van der Waals surface area contributed by atoms with E-state index in [1.807, 2.05) is 0 Å². The summed E-state index contributed by atoms with van der Waals surface area (Å²) in [7, 11) is 0. The Morgan fingerprint density at radius 1 is 0.266 bits per heavy atom. The molecule has 0 N–H and O–H groups in total. The molecule has 0 aliphatic carbocycles. The molecule has 0 fully saturated rings. The summed E-state index contributed by atoms with van der Waals surface area (Å²) in [4.78, 5) is 0. The van der Waals surface area contributed by atoms with E-state index < -0.39 is 0 Å². The molecule has 0 radical (unpaired) electrons. The molecule has 0 atom stereocenters. The first-order valence-electron chi connectivity index (χ1n) is 22.1. The van der Waals surface area contributed by atoms with Crippen molar-refractivity contribution in [2.24, 2.45) is 0 Å². The van der Waals surface area contributed by atoms with Crippen molar-refractivity contribution in [3.8, 4) is 55.6 Å². The first-order valence-corrected chi connectivity index (χ1v) is 22.1. The monoisotopic (exact) mass is 814 g/mol. The quantitative estimate of drug-likeness (QED) is 0.139. The van der Waals surface area contributed by atoms with E-state index in [0.717, 1.165) is 22.3 Å². The summed E-state index contributed by atoms with van der Waals surface area (Å²) in [5.74, 6) is -0.0143. The van der Waals surface area contributed by atoms with Gasteiger partial charge in [0.05, 0.1) is 0 Å².